The molecule has 16 heavy (non-hydrogen) atoms. The van der Waals surface area contributed by atoms with Crippen LogP contribution in [-0.4, -0.2) is 18.3 Å². The number of hydrogen-bond acceptors (Lipinski definition) is 2. The maximum absolute atomic E-state index is 13.4. The maximum Gasteiger partial charge on any atom is 0.126 e. The van der Waals surface area contributed by atoms with E-state index in [0.717, 1.165) is 0 Å². The van der Waals surface area contributed by atoms with Crippen LogP contribution < -0.4 is 0 Å². The molecule has 0 aliphatic heterocycles. The molecule has 3 heteroatoms. The van der Waals surface area contributed by atoms with Gasteiger partial charge in [-0.3, -0.25) is 0 Å². The lowest BCUT2D eigenvalue weighted by molar-refractivity contribution is -0.0391. The lowest BCUT2D eigenvalue weighted by atomic mass is 9.95. The Labute approximate surface area is 96.1 Å². The Morgan fingerprint density at radius 3 is 2.38 bits per heavy atom. The van der Waals surface area contributed by atoms with Crippen molar-refractivity contribution in [2.75, 3.05) is 7.11 Å². The van der Waals surface area contributed by atoms with Crippen LogP contribution in [0, 0.1) is 18.7 Å². The summed E-state index contributed by atoms with van der Waals surface area (Å²) in [6.07, 6.45) is -1.11. The smallest absolute Gasteiger partial charge is 0.126 e. The number of aryl methyl sites for hydroxylation is 1. The van der Waals surface area contributed by atoms with Gasteiger partial charge in [-0.15, -0.1) is 0 Å². The lowest BCUT2D eigenvalue weighted by Crippen LogP contribution is -2.26. The van der Waals surface area contributed by atoms with Crippen molar-refractivity contribution in [3.63, 3.8) is 0 Å². The van der Waals surface area contributed by atoms with Gasteiger partial charge in [0.1, 0.15) is 11.9 Å². The van der Waals surface area contributed by atoms with Gasteiger partial charge in [0, 0.05) is 7.11 Å². The van der Waals surface area contributed by atoms with E-state index in [9.17, 15) is 9.50 Å². The average molecular weight is 226 g/mol. The van der Waals surface area contributed by atoms with Gasteiger partial charge in [-0.05, 0) is 30.0 Å². The Hall–Kier alpha value is -0.930. The molecule has 0 aliphatic carbocycles. The van der Waals surface area contributed by atoms with Crippen LogP contribution in [0.15, 0.2) is 18.2 Å². The van der Waals surface area contributed by atoms with Gasteiger partial charge < -0.3 is 9.84 Å². The highest BCUT2D eigenvalue weighted by Gasteiger charge is 2.24. The fourth-order valence-corrected chi connectivity index (χ4v) is 1.75. The molecule has 1 rings (SSSR count). The topological polar surface area (TPSA) is 29.5 Å². The summed E-state index contributed by atoms with van der Waals surface area (Å²) in [6.45, 7) is 5.62. The number of hydrogen-bond donors (Lipinski definition) is 1. The lowest BCUT2D eigenvalue weighted by Gasteiger charge is -2.25. The summed E-state index contributed by atoms with van der Waals surface area (Å²) in [6, 6.07) is 4.77. The van der Waals surface area contributed by atoms with E-state index in [4.69, 9.17) is 4.74 Å². The van der Waals surface area contributed by atoms with Crippen LogP contribution in [0.1, 0.15) is 31.1 Å². The van der Waals surface area contributed by atoms with Crippen molar-refractivity contribution >= 4 is 0 Å². The van der Waals surface area contributed by atoms with Crippen molar-refractivity contribution in [2.24, 2.45) is 5.92 Å². The van der Waals surface area contributed by atoms with Gasteiger partial charge in [0.2, 0.25) is 0 Å². The van der Waals surface area contributed by atoms with Crippen LogP contribution in [0.5, 0.6) is 0 Å². The molecule has 0 spiro atoms. The number of methoxy groups -OCH3 is 1. The van der Waals surface area contributed by atoms with E-state index >= 15 is 0 Å². The molecular weight excluding hydrogens is 207 g/mol. The monoisotopic (exact) mass is 226 g/mol. The Morgan fingerprint density at radius 1 is 1.31 bits per heavy atom. The van der Waals surface area contributed by atoms with E-state index in [1.807, 2.05) is 13.8 Å². The quantitative estimate of drug-likeness (QED) is 0.855. The molecule has 0 aliphatic rings. The molecule has 2 unspecified atom stereocenters. The molecule has 0 radical (unpaired) electrons. The second-order valence-corrected chi connectivity index (χ2v) is 4.40. The molecule has 2 nitrogen and oxygen atoms in total. The molecule has 1 N–H and O–H groups in total. The fourth-order valence-electron chi connectivity index (χ4n) is 1.75. The van der Waals surface area contributed by atoms with Crippen LogP contribution in [0.4, 0.5) is 4.39 Å². The third-order valence-corrected chi connectivity index (χ3v) is 2.78. The predicted octanol–water partition coefficient (Wildman–Crippen LogP) is 2.84. The van der Waals surface area contributed by atoms with Crippen molar-refractivity contribution in [3.8, 4) is 0 Å². The maximum atomic E-state index is 13.4. The molecule has 0 fully saturated rings. The van der Waals surface area contributed by atoms with Crippen molar-refractivity contribution in [1.82, 2.24) is 0 Å². The number of aliphatic hydroxyl groups is 1. The number of aliphatic hydroxyl groups excluding tert-OH is 1. The zero-order chi connectivity index (χ0) is 12.3. The highest BCUT2D eigenvalue weighted by atomic mass is 19.1. The van der Waals surface area contributed by atoms with Gasteiger partial charge in [0.15, 0.2) is 0 Å². The Bertz CT molecular complexity index is 350. The van der Waals surface area contributed by atoms with Gasteiger partial charge >= 0.3 is 0 Å². The van der Waals surface area contributed by atoms with Gasteiger partial charge in [-0.1, -0.05) is 26.0 Å². The predicted molar refractivity (Wildman–Crippen MR) is 61.7 cm³/mol. The molecule has 1 aromatic carbocycles. The van der Waals surface area contributed by atoms with E-state index in [-0.39, 0.29) is 17.8 Å². The van der Waals surface area contributed by atoms with E-state index in [0.29, 0.717) is 11.1 Å². The zero-order valence-corrected chi connectivity index (χ0v) is 10.2. The average Bonchev–Trinajstić information content (AvgIpc) is 2.22. The Morgan fingerprint density at radius 2 is 1.94 bits per heavy atom. The molecule has 90 valence electrons. The van der Waals surface area contributed by atoms with Crippen LogP contribution in [-0.2, 0) is 4.74 Å². The zero-order valence-electron chi connectivity index (χ0n) is 10.2. The third kappa shape index (κ3) is 2.80. The van der Waals surface area contributed by atoms with Crippen LogP contribution in [0.3, 0.4) is 0 Å². The first-order valence-corrected chi connectivity index (χ1v) is 5.44. The summed E-state index contributed by atoms with van der Waals surface area (Å²) >= 11 is 0. The van der Waals surface area contributed by atoms with Crippen molar-refractivity contribution in [1.29, 1.82) is 0 Å². The molecule has 0 saturated heterocycles. The van der Waals surface area contributed by atoms with Crippen LogP contribution in [0.25, 0.3) is 0 Å². The van der Waals surface area contributed by atoms with Gasteiger partial charge in [0.05, 0.1) is 6.10 Å². The summed E-state index contributed by atoms with van der Waals surface area (Å²) in [5.74, 6) is -0.125. The highest BCUT2D eigenvalue weighted by Crippen LogP contribution is 2.25. The van der Waals surface area contributed by atoms with Crippen molar-refractivity contribution in [3.05, 3.63) is 35.1 Å². The van der Waals surface area contributed by atoms with Crippen LogP contribution >= 0.6 is 0 Å². The van der Waals surface area contributed by atoms with E-state index in [1.54, 1.807) is 26.2 Å². The molecule has 0 bridgehead atoms. The van der Waals surface area contributed by atoms with E-state index < -0.39 is 6.10 Å². The summed E-state index contributed by atoms with van der Waals surface area (Å²) in [5, 5.41) is 10.1. The summed E-state index contributed by atoms with van der Waals surface area (Å²) in [7, 11) is 1.55. The summed E-state index contributed by atoms with van der Waals surface area (Å²) in [5.41, 5.74) is 1.14. The van der Waals surface area contributed by atoms with Crippen LogP contribution in [0.2, 0.25) is 0 Å². The number of rotatable bonds is 4. The van der Waals surface area contributed by atoms with Gasteiger partial charge in [0.25, 0.3) is 0 Å². The largest absolute Gasteiger partial charge is 0.386 e. The number of halogens is 1. The molecule has 0 amide bonds. The Kier molecular flexibility index (Phi) is 4.44. The molecule has 0 heterocycles. The standard InChI is InChI=1S/C13H19FO2/c1-8(2)13(16-4)12(15)10-6-5-9(3)11(14)7-10/h5-8,12-13,15H,1-4H3. The second-order valence-electron chi connectivity index (χ2n) is 4.40. The Balaban J connectivity index is 2.94. The molecular formula is C13H19FO2. The van der Waals surface area contributed by atoms with E-state index in [1.165, 1.54) is 6.07 Å². The van der Waals surface area contributed by atoms with E-state index in [2.05, 4.69) is 0 Å². The first-order chi connectivity index (χ1) is 7.47. The summed E-state index contributed by atoms with van der Waals surface area (Å²) < 4.78 is 18.6. The first kappa shape index (κ1) is 13.1. The molecule has 0 aromatic heterocycles. The van der Waals surface area contributed by atoms with Crippen molar-refractivity contribution < 1.29 is 14.2 Å². The van der Waals surface area contributed by atoms with Crippen molar-refractivity contribution in [2.45, 2.75) is 33.0 Å². The molecule has 2 atom stereocenters. The minimum absolute atomic E-state index is 0.171. The van der Waals surface area contributed by atoms with Gasteiger partial charge in [-0.2, -0.15) is 0 Å². The minimum Gasteiger partial charge on any atom is -0.386 e. The second kappa shape index (κ2) is 5.41. The first-order valence-electron chi connectivity index (χ1n) is 5.44. The normalized spacial score (nSPS) is 15.2. The molecule has 0 saturated carbocycles. The number of ether oxygens (including phenoxy) is 1. The minimum atomic E-state index is -0.792. The summed E-state index contributed by atoms with van der Waals surface area (Å²) in [4.78, 5) is 0. The fraction of sp³-hybridized carbons (Fsp3) is 0.538. The van der Waals surface area contributed by atoms with Gasteiger partial charge in [-0.25, -0.2) is 4.39 Å². The SMILES string of the molecule is COC(C(C)C)C(O)c1ccc(C)c(F)c1. The highest BCUT2D eigenvalue weighted by molar-refractivity contribution is 5.25. The number of benzene rings is 1. The third-order valence-electron chi connectivity index (χ3n) is 2.78. The molecule has 1 aromatic rings.